The largest absolute Gasteiger partial charge is 0.322 e. The third-order valence-electron chi connectivity index (χ3n) is 5.40. The summed E-state index contributed by atoms with van der Waals surface area (Å²) in [6.45, 7) is 1.83. The van der Waals surface area contributed by atoms with Gasteiger partial charge in [-0.15, -0.1) is 0 Å². The smallest absolute Gasteiger partial charge is 0.264 e. The fourth-order valence-corrected chi connectivity index (χ4v) is 5.82. The van der Waals surface area contributed by atoms with Gasteiger partial charge in [-0.2, -0.15) is 0 Å². The number of anilines is 3. The van der Waals surface area contributed by atoms with Crippen LogP contribution in [0.5, 0.6) is 0 Å². The molecule has 34 heavy (non-hydrogen) atoms. The van der Waals surface area contributed by atoms with Gasteiger partial charge in [0.05, 0.1) is 16.3 Å². The molecule has 2 N–H and O–H groups in total. The summed E-state index contributed by atoms with van der Waals surface area (Å²) in [6, 6.07) is 17.2. The van der Waals surface area contributed by atoms with Crippen molar-refractivity contribution in [3.05, 3.63) is 82.9 Å². The van der Waals surface area contributed by atoms with Crippen LogP contribution in [0.15, 0.2) is 71.6 Å². The lowest BCUT2D eigenvalue weighted by Gasteiger charge is -2.20. The van der Waals surface area contributed by atoms with Gasteiger partial charge < -0.3 is 5.32 Å². The van der Waals surface area contributed by atoms with Crippen LogP contribution >= 0.6 is 11.6 Å². The summed E-state index contributed by atoms with van der Waals surface area (Å²) >= 11 is 5.89. The monoisotopic (exact) mass is 519 g/mol. The Bertz CT molecular complexity index is 1440. The van der Waals surface area contributed by atoms with Gasteiger partial charge in [0.2, 0.25) is 10.0 Å². The van der Waals surface area contributed by atoms with Gasteiger partial charge in [0, 0.05) is 28.5 Å². The highest BCUT2D eigenvalue weighted by molar-refractivity contribution is 7.93. The van der Waals surface area contributed by atoms with Gasteiger partial charge in [-0.05, 0) is 79.6 Å². The summed E-state index contributed by atoms with van der Waals surface area (Å²) in [5.74, 6) is -0.465. The van der Waals surface area contributed by atoms with Crippen LogP contribution in [0, 0.1) is 0 Å². The molecular weight excluding hydrogens is 498 g/mol. The molecule has 1 heterocycles. The fraction of sp³-hybridized carbons (Fsp3) is 0.174. The Kier molecular flexibility index (Phi) is 6.57. The molecule has 3 aromatic carbocycles. The molecule has 0 fully saturated rings. The zero-order valence-electron chi connectivity index (χ0n) is 18.2. The summed E-state index contributed by atoms with van der Waals surface area (Å²) in [4.78, 5) is 12.8. The highest BCUT2D eigenvalue weighted by atomic mass is 35.5. The Hall–Kier alpha value is -3.08. The number of nitrogens with one attached hydrogen (secondary N) is 2. The third-order valence-corrected chi connectivity index (χ3v) is 8.78. The standard InChI is InChI=1S/C23H22ClN3O5S2/c1-2-33(29,30)26-19-8-4-17(5-9-19)23(28)25-20-10-3-16-13-14-27(22(16)15-20)34(31,32)21-11-6-18(24)7-12-21/h3-12,15,26H,2,13-14H2,1H3,(H,25,28). The fourth-order valence-electron chi connectivity index (χ4n) is 3.56. The van der Waals surface area contributed by atoms with Gasteiger partial charge in [0.1, 0.15) is 0 Å². The molecule has 0 aromatic heterocycles. The number of carbonyl (C=O) groups excluding carboxylic acids is 1. The van der Waals surface area contributed by atoms with Crippen molar-refractivity contribution in [1.29, 1.82) is 0 Å². The van der Waals surface area contributed by atoms with Crippen LogP contribution in [-0.2, 0) is 26.5 Å². The lowest BCUT2D eigenvalue weighted by Crippen LogP contribution is -2.29. The van der Waals surface area contributed by atoms with Crippen LogP contribution in [0.1, 0.15) is 22.8 Å². The van der Waals surface area contributed by atoms with E-state index in [2.05, 4.69) is 10.0 Å². The summed E-state index contributed by atoms with van der Waals surface area (Å²) in [5.41, 5.74) is 2.50. The number of hydrogen-bond donors (Lipinski definition) is 2. The maximum absolute atomic E-state index is 13.2. The first kappa shape index (κ1) is 24.1. The first-order valence-corrected chi connectivity index (χ1v) is 13.9. The Morgan fingerprint density at radius 2 is 1.59 bits per heavy atom. The van der Waals surface area contributed by atoms with Crippen molar-refractivity contribution in [3.63, 3.8) is 0 Å². The molecule has 1 aliphatic heterocycles. The minimum absolute atomic E-state index is 0.0572. The number of rotatable bonds is 7. The molecule has 0 radical (unpaired) electrons. The van der Waals surface area contributed by atoms with Gasteiger partial charge in [-0.3, -0.25) is 13.8 Å². The van der Waals surface area contributed by atoms with Crippen LogP contribution in [0.4, 0.5) is 17.1 Å². The van der Waals surface area contributed by atoms with Crippen molar-refractivity contribution in [3.8, 4) is 0 Å². The molecule has 0 aliphatic carbocycles. The summed E-state index contributed by atoms with van der Waals surface area (Å²) in [5, 5.41) is 3.22. The predicted octanol–water partition coefficient (Wildman–Crippen LogP) is 4.11. The van der Waals surface area contributed by atoms with E-state index < -0.39 is 26.0 Å². The molecular formula is C23H22ClN3O5S2. The highest BCUT2D eigenvalue weighted by Crippen LogP contribution is 2.35. The maximum Gasteiger partial charge on any atom is 0.264 e. The number of sulfonamides is 2. The Morgan fingerprint density at radius 3 is 2.24 bits per heavy atom. The molecule has 0 saturated carbocycles. The van der Waals surface area contributed by atoms with Crippen molar-refractivity contribution in [1.82, 2.24) is 0 Å². The second kappa shape index (κ2) is 9.28. The minimum Gasteiger partial charge on any atom is -0.322 e. The lowest BCUT2D eigenvalue weighted by atomic mass is 10.1. The van der Waals surface area contributed by atoms with E-state index in [1.165, 1.54) is 59.8 Å². The Morgan fingerprint density at radius 1 is 0.941 bits per heavy atom. The first-order valence-electron chi connectivity index (χ1n) is 10.4. The number of benzene rings is 3. The summed E-state index contributed by atoms with van der Waals surface area (Å²) < 4.78 is 53.4. The van der Waals surface area contributed by atoms with E-state index >= 15 is 0 Å². The molecule has 0 atom stereocenters. The van der Waals surface area contributed by atoms with Gasteiger partial charge in [0.25, 0.3) is 15.9 Å². The summed E-state index contributed by atoms with van der Waals surface area (Å²) in [6.07, 6.45) is 0.561. The van der Waals surface area contributed by atoms with Crippen molar-refractivity contribution in [2.24, 2.45) is 0 Å². The van der Waals surface area contributed by atoms with Gasteiger partial charge in [-0.25, -0.2) is 16.8 Å². The molecule has 11 heteroatoms. The normalized spacial score (nSPS) is 13.4. The molecule has 0 saturated heterocycles. The van der Waals surface area contributed by atoms with Crippen molar-refractivity contribution in [2.75, 3.05) is 26.6 Å². The highest BCUT2D eigenvalue weighted by Gasteiger charge is 2.31. The molecule has 178 valence electrons. The number of carbonyl (C=O) groups is 1. The Labute approximate surface area is 203 Å². The van der Waals surface area contributed by atoms with Crippen LogP contribution in [0.25, 0.3) is 0 Å². The van der Waals surface area contributed by atoms with Crippen LogP contribution in [0.2, 0.25) is 5.02 Å². The van der Waals surface area contributed by atoms with Crippen LogP contribution in [0.3, 0.4) is 0 Å². The molecule has 0 spiro atoms. The molecule has 8 nitrogen and oxygen atoms in total. The maximum atomic E-state index is 13.2. The van der Waals surface area contributed by atoms with E-state index in [9.17, 15) is 21.6 Å². The van der Waals surface area contributed by atoms with E-state index in [4.69, 9.17) is 11.6 Å². The number of fused-ring (bicyclic) bond motifs is 1. The number of hydrogen-bond acceptors (Lipinski definition) is 5. The zero-order chi connectivity index (χ0) is 24.5. The van der Waals surface area contributed by atoms with Crippen molar-refractivity contribution in [2.45, 2.75) is 18.2 Å². The molecule has 1 amide bonds. The van der Waals surface area contributed by atoms with E-state index in [0.29, 0.717) is 40.6 Å². The van der Waals surface area contributed by atoms with E-state index in [1.54, 1.807) is 18.2 Å². The average Bonchev–Trinajstić information content (AvgIpc) is 3.24. The zero-order valence-corrected chi connectivity index (χ0v) is 20.5. The van der Waals surface area contributed by atoms with Crippen molar-refractivity contribution < 1.29 is 21.6 Å². The molecule has 3 aromatic rings. The summed E-state index contributed by atoms with van der Waals surface area (Å²) in [7, 11) is -7.19. The quantitative estimate of drug-likeness (QED) is 0.488. The number of amides is 1. The average molecular weight is 520 g/mol. The predicted molar refractivity (Wildman–Crippen MR) is 134 cm³/mol. The number of halogens is 1. The minimum atomic E-state index is -3.78. The molecule has 4 rings (SSSR count). The third kappa shape index (κ3) is 5.03. The SMILES string of the molecule is CCS(=O)(=O)Nc1ccc(C(=O)Nc2ccc3c(c2)N(S(=O)(=O)c2ccc(Cl)cc2)CC3)cc1. The van der Waals surface area contributed by atoms with E-state index in [0.717, 1.165) is 5.56 Å². The van der Waals surface area contributed by atoms with Crippen LogP contribution < -0.4 is 14.3 Å². The second-order valence-corrected chi connectivity index (χ2v) is 12.0. The molecule has 1 aliphatic rings. The van der Waals surface area contributed by atoms with E-state index in [-0.39, 0.29) is 10.6 Å². The van der Waals surface area contributed by atoms with Gasteiger partial charge in [-0.1, -0.05) is 17.7 Å². The molecule has 0 unspecified atom stereocenters. The number of nitrogens with zero attached hydrogens (tertiary/aromatic N) is 1. The van der Waals surface area contributed by atoms with Crippen molar-refractivity contribution >= 4 is 54.6 Å². The first-order chi connectivity index (χ1) is 16.1. The topological polar surface area (TPSA) is 113 Å². The Balaban J connectivity index is 1.53. The van der Waals surface area contributed by atoms with E-state index in [1.807, 2.05) is 0 Å². The second-order valence-electron chi connectivity index (χ2n) is 7.66. The molecule has 0 bridgehead atoms. The van der Waals surface area contributed by atoms with Crippen LogP contribution in [-0.4, -0.2) is 35.0 Å². The van der Waals surface area contributed by atoms with Gasteiger partial charge in [0.15, 0.2) is 0 Å². The van der Waals surface area contributed by atoms with Gasteiger partial charge >= 0.3 is 0 Å². The lowest BCUT2D eigenvalue weighted by molar-refractivity contribution is 0.102.